The number of methoxy groups -OCH3 is 1. The Bertz CT molecular complexity index is 844. The fourth-order valence-corrected chi connectivity index (χ4v) is 1.95. The minimum atomic E-state index is -0.569. The summed E-state index contributed by atoms with van der Waals surface area (Å²) in [6.07, 6.45) is 0. The number of hydrogen-bond donors (Lipinski definition) is 1. The highest BCUT2D eigenvalue weighted by atomic mass is 16.5. The molecule has 0 aliphatic carbocycles. The van der Waals surface area contributed by atoms with E-state index in [2.05, 4.69) is 15.4 Å². The average Bonchev–Trinajstić information content (AvgIpc) is 2.93. The van der Waals surface area contributed by atoms with Gasteiger partial charge >= 0.3 is 0 Å². The van der Waals surface area contributed by atoms with Crippen molar-refractivity contribution in [1.29, 1.82) is 5.26 Å². The van der Waals surface area contributed by atoms with Gasteiger partial charge in [0.1, 0.15) is 17.4 Å². The maximum Gasteiger partial charge on any atom is 0.281 e. The molecule has 0 bridgehead atoms. The van der Waals surface area contributed by atoms with E-state index >= 15 is 0 Å². The number of pyridine rings is 1. The Kier molecular flexibility index (Phi) is 4.88. The fraction of sp³-hybridized carbons (Fsp3) is 0.357. The molecule has 0 saturated heterocycles. The van der Waals surface area contributed by atoms with Crippen molar-refractivity contribution in [2.24, 2.45) is 10.2 Å². The molecule has 2 rings (SSSR count). The molecular formula is C14H15N5O4. The molecule has 0 unspecified atom stereocenters. The van der Waals surface area contributed by atoms with E-state index in [1.165, 1.54) is 14.0 Å². The van der Waals surface area contributed by atoms with Crippen molar-refractivity contribution in [3.63, 3.8) is 0 Å². The van der Waals surface area contributed by atoms with Crippen molar-refractivity contribution in [2.45, 2.75) is 20.4 Å². The number of aryl methyl sites for hydroxylation is 1. The minimum absolute atomic E-state index is 0.0361. The van der Waals surface area contributed by atoms with Gasteiger partial charge in [-0.2, -0.15) is 5.26 Å². The number of azo groups is 1. The van der Waals surface area contributed by atoms with Crippen molar-refractivity contribution in [3.8, 4) is 11.9 Å². The minimum Gasteiger partial charge on any atom is -0.493 e. The molecule has 0 aromatic carbocycles. The summed E-state index contributed by atoms with van der Waals surface area (Å²) >= 11 is 0. The van der Waals surface area contributed by atoms with Gasteiger partial charge in [0.2, 0.25) is 11.7 Å². The largest absolute Gasteiger partial charge is 0.493 e. The summed E-state index contributed by atoms with van der Waals surface area (Å²) in [6, 6.07) is 3.41. The molecule has 120 valence electrons. The summed E-state index contributed by atoms with van der Waals surface area (Å²) in [6.45, 7) is 3.49. The van der Waals surface area contributed by atoms with Crippen LogP contribution in [0.5, 0.6) is 5.88 Å². The first-order valence-electron chi connectivity index (χ1n) is 6.70. The van der Waals surface area contributed by atoms with Gasteiger partial charge in [-0.25, -0.2) is 0 Å². The standard InChI is InChI=1S/C14H15N5O4/c1-8-6-11(18-23-8)16-17-12-9(2)10(7-15)13(20)19(14(12)21)4-5-22-3/h6,20H,4-5H2,1-3H3. The van der Waals surface area contributed by atoms with Gasteiger partial charge in [-0.3, -0.25) is 9.36 Å². The SMILES string of the molecule is COCCn1c(O)c(C#N)c(C)c(N=Nc2cc(C)on2)c1=O. The lowest BCUT2D eigenvalue weighted by atomic mass is 10.1. The summed E-state index contributed by atoms with van der Waals surface area (Å²) in [5.41, 5.74) is -0.408. The molecule has 0 amide bonds. The van der Waals surface area contributed by atoms with Crippen LogP contribution in [0.2, 0.25) is 0 Å². The van der Waals surface area contributed by atoms with Crippen molar-refractivity contribution in [1.82, 2.24) is 9.72 Å². The second-order valence-electron chi connectivity index (χ2n) is 4.73. The van der Waals surface area contributed by atoms with E-state index in [1.54, 1.807) is 13.0 Å². The predicted molar refractivity (Wildman–Crippen MR) is 79.1 cm³/mol. The first-order chi connectivity index (χ1) is 11.0. The molecule has 2 heterocycles. The van der Waals surface area contributed by atoms with Crippen LogP contribution in [0.1, 0.15) is 16.9 Å². The number of hydrogen-bond acceptors (Lipinski definition) is 8. The van der Waals surface area contributed by atoms with E-state index in [0.717, 1.165) is 4.57 Å². The average molecular weight is 317 g/mol. The molecule has 0 saturated carbocycles. The summed E-state index contributed by atoms with van der Waals surface area (Å²) < 4.78 is 10.8. The maximum atomic E-state index is 12.5. The number of aromatic nitrogens is 2. The van der Waals surface area contributed by atoms with Gasteiger partial charge in [0.05, 0.1) is 13.2 Å². The number of rotatable bonds is 5. The number of ether oxygens (including phenoxy) is 1. The highest BCUT2D eigenvalue weighted by Gasteiger charge is 2.19. The molecule has 2 aromatic rings. The Balaban J connectivity index is 2.56. The van der Waals surface area contributed by atoms with Gasteiger partial charge in [0.25, 0.3) is 5.56 Å². The predicted octanol–water partition coefficient (Wildman–Crippen LogP) is 2.09. The molecule has 0 aliphatic rings. The van der Waals surface area contributed by atoms with E-state index in [0.29, 0.717) is 5.76 Å². The molecule has 0 fully saturated rings. The van der Waals surface area contributed by atoms with Gasteiger partial charge in [0, 0.05) is 18.7 Å². The summed E-state index contributed by atoms with van der Waals surface area (Å²) in [5.74, 6) is 0.344. The number of nitrogens with zero attached hydrogens (tertiary/aromatic N) is 5. The van der Waals surface area contributed by atoms with Crippen LogP contribution in [0.25, 0.3) is 0 Å². The van der Waals surface area contributed by atoms with Crippen LogP contribution in [-0.2, 0) is 11.3 Å². The third kappa shape index (κ3) is 3.27. The number of nitriles is 1. The van der Waals surface area contributed by atoms with Crippen LogP contribution in [-0.4, -0.2) is 28.5 Å². The van der Waals surface area contributed by atoms with Crippen molar-refractivity contribution >= 4 is 11.5 Å². The molecule has 1 N–H and O–H groups in total. The van der Waals surface area contributed by atoms with Gasteiger partial charge in [0.15, 0.2) is 5.69 Å². The van der Waals surface area contributed by atoms with E-state index < -0.39 is 11.4 Å². The Morgan fingerprint density at radius 1 is 1.48 bits per heavy atom. The molecule has 0 aliphatic heterocycles. The lowest BCUT2D eigenvalue weighted by molar-refractivity contribution is 0.182. The Morgan fingerprint density at radius 3 is 2.78 bits per heavy atom. The molecule has 9 nitrogen and oxygen atoms in total. The highest BCUT2D eigenvalue weighted by Crippen LogP contribution is 2.26. The first-order valence-corrected chi connectivity index (χ1v) is 6.70. The molecule has 0 atom stereocenters. The molecule has 0 spiro atoms. The van der Waals surface area contributed by atoms with E-state index in [9.17, 15) is 15.2 Å². The summed E-state index contributed by atoms with van der Waals surface area (Å²) in [5, 5.41) is 30.6. The highest BCUT2D eigenvalue weighted by molar-refractivity contribution is 5.56. The van der Waals surface area contributed by atoms with Crippen LogP contribution in [0, 0.1) is 25.2 Å². The zero-order chi connectivity index (χ0) is 17.0. The Hall–Kier alpha value is -2.99. The maximum absolute atomic E-state index is 12.5. The smallest absolute Gasteiger partial charge is 0.281 e. The van der Waals surface area contributed by atoms with Crippen LogP contribution in [0.4, 0.5) is 11.5 Å². The van der Waals surface area contributed by atoms with E-state index in [1.807, 2.05) is 6.07 Å². The molecule has 9 heteroatoms. The van der Waals surface area contributed by atoms with E-state index in [4.69, 9.17) is 9.26 Å². The van der Waals surface area contributed by atoms with Crippen molar-refractivity contribution in [3.05, 3.63) is 33.3 Å². The van der Waals surface area contributed by atoms with Gasteiger partial charge in [-0.15, -0.1) is 10.2 Å². The van der Waals surface area contributed by atoms with Crippen LogP contribution >= 0.6 is 0 Å². The van der Waals surface area contributed by atoms with Crippen molar-refractivity contribution in [2.75, 3.05) is 13.7 Å². The van der Waals surface area contributed by atoms with Crippen LogP contribution in [0.15, 0.2) is 25.6 Å². The van der Waals surface area contributed by atoms with Crippen LogP contribution in [0.3, 0.4) is 0 Å². The first kappa shape index (κ1) is 16.4. The van der Waals surface area contributed by atoms with Crippen molar-refractivity contribution < 1.29 is 14.4 Å². The second-order valence-corrected chi connectivity index (χ2v) is 4.73. The Labute approximate surface area is 131 Å². The second kappa shape index (κ2) is 6.85. The molecule has 0 radical (unpaired) electrons. The topological polar surface area (TPSA) is 126 Å². The third-order valence-corrected chi connectivity index (χ3v) is 3.16. The van der Waals surface area contributed by atoms with Gasteiger partial charge in [-0.05, 0) is 13.8 Å². The number of aromatic hydroxyl groups is 1. The Morgan fingerprint density at radius 2 is 2.22 bits per heavy atom. The molecular weight excluding hydrogens is 302 g/mol. The normalized spacial score (nSPS) is 11.0. The van der Waals surface area contributed by atoms with Crippen LogP contribution < -0.4 is 5.56 Å². The summed E-state index contributed by atoms with van der Waals surface area (Å²) in [7, 11) is 1.47. The zero-order valence-electron chi connectivity index (χ0n) is 12.9. The monoisotopic (exact) mass is 317 g/mol. The lowest BCUT2D eigenvalue weighted by Crippen LogP contribution is -2.23. The summed E-state index contributed by atoms with van der Waals surface area (Å²) in [4.78, 5) is 12.5. The van der Waals surface area contributed by atoms with E-state index in [-0.39, 0.29) is 35.8 Å². The fourth-order valence-electron chi connectivity index (χ4n) is 1.95. The zero-order valence-corrected chi connectivity index (χ0v) is 12.9. The van der Waals surface area contributed by atoms with Gasteiger partial charge < -0.3 is 14.4 Å². The van der Waals surface area contributed by atoms with Gasteiger partial charge in [-0.1, -0.05) is 5.16 Å². The molecule has 2 aromatic heterocycles. The quantitative estimate of drug-likeness (QED) is 0.841. The molecule has 23 heavy (non-hydrogen) atoms. The third-order valence-electron chi connectivity index (χ3n) is 3.16. The lowest BCUT2D eigenvalue weighted by Gasteiger charge is -2.12.